The van der Waals surface area contributed by atoms with Gasteiger partial charge in [-0.1, -0.05) is 13.8 Å². The summed E-state index contributed by atoms with van der Waals surface area (Å²) in [5, 5.41) is 2.95. The molecule has 0 unspecified atom stereocenters. The number of carbonyl (C=O) groups excluding carboxylic acids is 1. The predicted molar refractivity (Wildman–Crippen MR) is 94.2 cm³/mol. The Morgan fingerprint density at radius 2 is 1.72 bits per heavy atom. The Bertz CT molecular complexity index is 692. The average molecular weight is 371 g/mol. The average Bonchev–Trinajstić information content (AvgIpc) is 2.81. The Balaban J connectivity index is 2.03. The summed E-state index contributed by atoms with van der Waals surface area (Å²) in [5.41, 5.74) is 0. The highest BCUT2D eigenvalue weighted by molar-refractivity contribution is 7.89. The molecule has 2 amide bonds. The number of sulfonamides is 1. The van der Waals surface area contributed by atoms with E-state index >= 15 is 0 Å². The van der Waals surface area contributed by atoms with Crippen molar-refractivity contribution < 1.29 is 17.6 Å². The maximum absolute atomic E-state index is 13.0. The highest BCUT2D eigenvalue weighted by Crippen LogP contribution is 2.18. The van der Waals surface area contributed by atoms with Crippen molar-refractivity contribution in [2.45, 2.75) is 38.1 Å². The lowest BCUT2D eigenvalue weighted by molar-refractivity contribution is 0.194. The monoisotopic (exact) mass is 371 g/mol. The smallest absolute Gasteiger partial charge is 0.317 e. The van der Waals surface area contributed by atoms with Crippen molar-refractivity contribution in [1.29, 1.82) is 0 Å². The van der Waals surface area contributed by atoms with Gasteiger partial charge in [0.1, 0.15) is 5.82 Å². The molecule has 140 valence electrons. The first-order chi connectivity index (χ1) is 11.7. The molecule has 0 aliphatic carbocycles. The van der Waals surface area contributed by atoms with Crippen molar-refractivity contribution in [2.75, 3.05) is 26.2 Å². The van der Waals surface area contributed by atoms with Crippen molar-refractivity contribution in [1.82, 2.24) is 14.5 Å². The minimum absolute atomic E-state index is 0.0507. The van der Waals surface area contributed by atoms with Gasteiger partial charge in [0.15, 0.2) is 0 Å². The maximum Gasteiger partial charge on any atom is 0.317 e. The standard InChI is InChI=1S/C17H26FN3O3S/c1-13(2)14(3)19-17(22)20-9-4-10-21(12-11-20)25(23,24)16-7-5-15(18)6-8-16/h5-8,13-14H,4,9-12H2,1-3H3,(H,19,22)/t14-/m0/s1. The Hall–Kier alpha value is -1.67. The van der Waals surface area contributed by atoms with Gasteiger partial charge in [-0.15, -0.1) is 0 Å². The molecule has 1 saturated heterocycles. The third kappa shape index (κ3) is 4.92. The van der Waals surface area contributed by atoms with E-state index in [0.29, 0.717) is 32.0 Å². The summed E-state index contributed by atoms with van der Waals surface area (Å²) in [4.78, 5) is 14.1. The Morgan fingerprint density at radius 1 is 1.08 bits per heavy atom. The number of nitrogens with zero attached hydrogens (tertiary/aromatic N) is 2. The van der Waals surface area contributed by atoms with Crippen LogP contribution in [0.15, 0.2) is 29.2 Å². The summed E-state index contributed by atoms with van der Waals surface area (Å²) in [7, 11) is -3.68. The van der Waals surface area contributed by atoms with E-state index in [-0.39, 0.29) is 23.5 Å². The molecule has 2 rings (SSSR count). The number of carbonyl (C=O) groups is 1. The van der Waals surface area contributed by atoms with Gasteiger partial charge in [-0.25, -0.2) is 17.6 Å². The van der Waals surface area contributed by atoms with E-state index in [1.165, 1.54) is 16.4 Å². The zero-order chi connectivity index (χ0) is 18.6. The number of nitrogens with one attached hydrogen (secondary N) is 1. The molecule has 0 radical (unpaired) electrons. The molecule has 25 heavy (non-hydrogen) atoms. The molecule has 0 saturated carbocycles. The SMILES string of the molecule is CC(C)[C@H](C)NC(=O)N1CCCN(S(=O)(=O)c2ccc(F)cc2)CC1. The van der Waals surface area contributed by atoms with Crippen LogP contribution in [-0.2, 0) is 10.0 Å². The van der Waals surface area contributed by atoms with E-state index in [9.17, 15) is 17.6 Å². The first-order valence-electron chi connectivity index (χ1n) is 8.53. The van der Waals surface area contributed by atoms with E-state index < -0.39 is 15.8 Å². The molecule has 1 aromatic rings. The number of benzene rings is 1. The first kappa shape index (κ1) is 19.7. The van der Waals surface area contributed by atoms with Crippen LogP contribution in [-0.4, -0.2) is 55.9 Å². The first-order valence-corrected chi connectivity index (χ1v) is 9.97. The minimum atomic E-state index is -3.68. The predicted octanol–water partition coefficient (Wildman–Crippen LogP) is 2.28. The summed E-state index contributed by atoms with van der Waals surface area (Å²) >= 11 is 0. The van der Waals surface area contributed by atoms with Crippen LogP contribution < -0.4 is 5.32 Å². The fraction of sp³-hybridized carbons (Fsp3) is 0.588. The molecule has 1 heterocycles. The Kier molecular flexibility index (Phi) is 6.40. The molecule has 1 aliphatic heterocycles. The van der Waals surface area contributed by atoms with Crippen LogP contribution in [0.1, 0.15) is 27.2 Å². The van der Waals surface area contributed by atoms with Gasteiger partial charge in [0.25, 0.3) is 0 Å². The van der Waals surface area contributed by atoms with Crippen molar-refractivity contribution in [3.05, 3.63) is 30.1 Å². The lowest BCUT2D eigenvalue weighted by atomic mass is 10.1. The summed E-state index contributed by atoms with van der Waals surface area (Å²) in [6.45, 7) is 7.41. The molecule has 0 bridgehead atoms. The van der Waals surface area contributed by atoms with Crippen molar-refractivity contribution in [3.63, 3.8) is 0 Å². The number of rotatable bonds is 4. The number of amides is 2. The maximum atomic E-state index is 13.0. The van der Waals surface area contributed by atoms with E-state index in [4.69, 9.17) is 0 Å². The van der Waals surface area contributed by atoms with E-state index in [2.05, 4.69) is 5.32 Å². The normalized spacial score (nSPS) is 18.0. The van der Waals surface area contributed by atoms with Gasteiger partial charge in [-0.05, 0) is 43.5 Å². The van der Waals surface area contributed by atoms with Crippen LogP contribution in [0.2, 0.25) is 0 Å². The fourth-order valence-electron chi connectivity index (χ4n) is 2.55. The highest BCUT2D eigenvalue weighted by Gasteiger charge is 2.28. The third-order valence-electron chi connectivity index (χ3n) is 4.54. The molecule has 1 aliphatic rings. The van der Waals surface area contributed by atoms with Crippen molar-refractivity contribution in [2.24, 2.45) is 5.92 Å². The van der Waals surface area contributed by atoms with Gasteiger partial charge in [0, 0.05) is 32.2 Å². The van der Waals surface area contributed by atoms with Gasteiger partial charge in [0.05, 0.1) is 4.90 Å². The summed E-state index contributed by atoms with van der Waals surface area (Å²) in [5.74, 6) is -0.150. The second kappa shape index (κ2) is 8.14. The number of hydrogen-bond acceptors (Lipinski definition) is 3. The van der Waals surface area contributed by atoms with Gasteiger partial charge in [0.2, 0.25) is 10.0 Å². The van der Waals surface area contributed by atoms with Crippen LogP contribution in [0.4, 0.5) is 9.18 Å². The third-order valence-corrected chi connectivity index (χ3v) is 6.46. The summed E-state index contributed by atoms with van der Waals surface area (Å²) in [6.07, 6.45) is 0.559. The Labute approximate surface area is 149 Å². The van der Waals surface area contributed by atoms with Crippen molar-refractivity contribution >= 4 is 16.1 Å². The second-order valence-corrected chi connectivity index (χ2v) is 8.62. The quantitative estimate of drug-likeness (QED) is 0.883. The molecule has 0 spiro atoms. The van der Waals surface area contributed by atoms with Gasteiger partial charge >= 0.3 is 6.03 Å². The molecule has 8 heteroatoms. The number of halogens is 1. The Morgan fingerprint density at radius 3 is 2.32 bits per heavy atom. The molecule has 6 nitrogen and oxygen atoms in total. The molecule has 0 aromatic heterocycles. The molecule has 1 atom stereocenters. The summed E-state index contributed by atoms with van der Waals surface area (Å²) < 4.78 is 39.7. The van der Waals surface area contributed by atoms with E-state index in [0.717, 1.165) is 12.1 Å². The largest absolute Gasteiger partial charge is 0.335 e. The number of hydrogen-bond donors (Lipinski definition) is 1. The summed E-state index contributed by atoms with van der Waals surface area (Å²) in [6, 6.07) is 4.70. The molecule has 1 N–H and O–H groups in total. The molecular weight excluding hydrogens is 345 g/mol. The van der Waals surface area contributed by atoms with Crippen LogP contribution in [0, 0.1) is 11.7 Å². The topological polar surface area (TPSA) is 69.7 Å². The van der Waals surface area contributed by atoms with Crippen molar-refractivity contribution in [3.8, 4) is 0 Å². The number of urea groups is 1. The fourth-order valence-corrected chi connectivity index (χ4v) is 4.02. The van der Waals surface area contributed by atoms with E-state index in [1.807, 2.05) is 20.8 Å². The van der Waals surface area contributed by atoms with Crippen LogP contribution in [0.5, 0.6) is 0 Å². The van der Waals surface area contributed by atoms with Gasteiger partial charge in [-0.3, -0.25) is 0 Å². The second-order valence-electron chi connectivity index (χ2n) is 6.68. The zero-order valence-corrected chi connectivity index (χ0v) is 15.7. The molecule has 1 aromatic carbocycles. The lowest BCUT2D eigenvalue weighted by Crippen LogP contribution is -2.47. The van der Waals surface area contributed by atoms with Gasteiger partial charge < -0.3 is 10.2 Å². The van der Waals surface area contributed by atoms with Crippen LogP contribution in [0.25, 0.3) is 0 Å². The zero-order valence-electron chi connectivity index (χ0n) is 14.9. The molecule has 1 fully saturated rings. The van der Waals surface area contributed by atoms with Crippen LogP contribution >= 0.6 is 0 Å². The van der Waals surface area contributed by atoms with E-state index in [1.54, 1.807) is 4.90 Å². The minimum Gasteiger partial charge on any atom is -0.335 e. The highest BCUT2D eigenvalue weighted by atomic mass is 32.2. The van der Waals surface area contributed by atoms with Gasteiger partial charge in [-0.2, -0.15) is 4.31 Å². The molecular formula is C17H26FN3O3S. The lowest BCUT2D eigenvalue weighted by Gasteiger charge is -2.25. The van der Waals surface area contributed by atoms with Crippen LogP contribution in [0.3, 0.4) is 0 Å².